The van der Waals surface area contributed by atoms with Crippen LogP contribution in [0.15, 0.2) is 47.4 Å². The van der Waals surface area contributed by atoms with E-state index in [2.05, 4.69) is 35.8 Å². The first-order valence-electron chi connectivity index (χ1n) is 5.96. The largest absolute Gasteiger partial charge is 0.504 e. The van der Waals surface area contributed by atoms with Gasteiger partial charge < -0.3 is 15.2 Å². The smallest absolute Gasteiger partial charge is 0.160 e. The molecule has 0 fully saturated rings. The van der Waals surface area contributed by atoms with Crippen LogP contribution in [0.4, 0.5) is 5.69 Å². The minimum Gasteiger partial charge on any atom is -0.504 e. The van der Waals surface area contributed by atoms with E-state index in [0.717, 1.165) is 11.3 Å². The number of nitrogens with one attached hydrogen (secondary N) is 1. The molecule has 0 aliphatic carbocycles. The number of benzene rings is 2. The van der Waals surface area contributed by atoms with Gasteiger partial charge in [0.05, 0.1) is 7.11 Å². The Bertz CT molecular complexity index is 540. The number of phenolic OH excluding ortho intramolecular Hbond substituents is 1. The zero-order valence-electron chi connectivity index (χ0n) is 11.0. The van der Waals surface area contributed by atoms with Gasteiger partial charge in [0.2, 0.25) is 0 Å². The molecule has 2 rings (SSSR count). The lowest BCUT2D eigenvalue weighted by Gasteiger charge is -2.09. The van der Waals surface area contributed by atoms with Gasteiger partial charge in [0.25, 0.3) is 0 Å². The Kier molecular flexibility index (Phi) is 4.58. The number of phenols is 1. The van der Waals surface area contributed by atoms with E-state index in [-0.39, 0.29) is 5.75 Å². The lowest BCUT2D eigenvalue weighted by Crippen LogP contribution is -1.99. The summed E-state index contributed by atoms with van der Waals surface area (Å²) < 4.78 is 5.09. The highest BCUT2D eigenvalue weighted by Crippen LogP contribution is 2.26. The van der Waals surface area contributed by atoms with E-state index >= 15 is 0 Å². The molecule has 0 bridgehead atoms. The van der Waals surface area contributed by atoms with E-state index in [0.29, 0.717) is 12.3 Å². The van der Waals surface area contributed by atoms with Crippen LogP contribution in [-0.4, -0.2) is 18.5 Å². The first-order chi connectivity index (χ1) is 9.22. The van der Waals surface area contributed by atoms with Crippen LogP contribution in [-0.2, 0) is 6.54 Å². The van der Waals surface area contributed by atoms with Crippen molar-refractivity contribution in [3.05, 3.63) is 48.0 Å². The predicted molar refractivity (Wildman–Crippen MR) is 80.2 cm³/mol. The average molecular weight is 275 g/mol. The highest BCUT2D eigenvalue weighted by Gasteiger charge is 2.02. The zero-order chi connectivity index (χ0) is 13.7. The number of ether oxygens (including phenoxy) is 1. The number of rotatable bonds is 5. The van der Waals surface area contributed by atoms with E-state index in [9.17, 15) is 5.11 Å². The summed E-state index contributed by atoms with van der Waals surface area (Å²) in [6.45, 7) is 0.690. The van der Waals surface area contributed by atoms with Crippen molar-refractivity contribution in [2.75, 3.05) is 18.7 Å². The third kappa shape index (κ3) is 3.58. The monoisotopic (exact) mass is 275 g/mol. The summed E-state index contributed by atoms with van der Waals surface area (Å²) in [5, 5.41) is 12.9. The van der Waals surface area contributed by atoms with Gasteiger partial charge in [-0.2, -0.15) is 0 Å². The maximum absolute atomic E-state index is 9.53. The average Bonchev–Trinajstić information content (AvgIpc) is 2.47. The quantitative estimate of drug-likeness (QED) is 0.816. The van der Waals surface area contributed by atoms with E-state index in [1.807, 2.05) is 12.1 Å². The SMILES string of the molecule is COc1cc(CNc2ccc(SC)cc2)ccc1O. The first kappa shape index (κ1) is 13.6. The molecule has 19 heavy (non-hydrogen) atoms. The summed E-state index contributed by atoms with van der Waals surface area (Å²) in [5.74, 6) is 0.660. The number of methoxy groups -OCH3 is 1. The highest BCUT2D eigenvalue weighted by molar-refractivity contribution is 7.98. The Hall–Kier alpha value is -1.81. The number of hydrogen-bond acceptors (Lipinski definition) is 4. The van der Waals surface area contributed by atoms with Crippen LogP contribution >= 0.6 is 11.8 Å². The molecule has 100 valence electrons. The fourth-order valence-electron chi connectivity index (χ4n) is 1.74. The minimum atomic E-state index is 0.163. The molecule has 0 aliphatic heterocycles. The molecule has 0 unspecified atom stereocenters. The van der Waals surface area contributed by atoms with Gasteiger partial charge in [-0.1, -0.05) is 6.07 Å². The van der Waals surface area contributed by atoms with Gasteiger partial charge >= 0.3 is 0 Å². The van der Waals surface area contributed by atoms with Crippen LogP contribution < -0.4 is 10.1 Å². The Morgan fingerprint density at radius 3 is 2.53 bits per heavy atom. The number of aromatic hydroxyl groups is 1. The summed E-state index contributed by atoms with van der Waals surface area (Å²) in [6, 6.07) is 13.6. The van der Waals surface area contributed by atoms with Crippen LogP contribution in [0.5, 0.6) is 11.5 Å². The van der Waals surface area contributed by atoms with E-state index < -0.39 is 0 Å². The van der Waals surface area contributed by atoms with Gasteiger partial charge in [0, 0.05) is 17.1 Å². The summed E-state index contributed by atoms with van der Waals surface area (Å²) in [6.07, 6.45) is 2.06. The molecule has 3 nitrogen and oxygen atoms in total. The molecule has 2 N–H and O–H groups in total. The standard InChI is InChI=1S/C15H17NO2S/c1-18-15-9-11(3-8-14(15)17)10-16-12-4-6-13(19-2)7-5-12/h3-9,16-17H,10H2,1-2H3. The molecular formula is C15H17NO2S. The maximum Gasteiger partial charge on any atom is 0.160 e. The Morgan fingerprint density at radius 2 is 1.89 bits per heavy atom. The van der Waals surface area contributed by atoms with Gasteiger partial charge in [-0.3, -0.25) is 0 Å². The first-order valence-corrected chi connectivity index (χ1v) is 7.19. The van der Waals surface area contributed by atoms with E-state index in [4.69, 9.17) is 4.74 Å². The highest BCUT2D eigenvalue weighted by atomic mass is 32.2. The molecule has 0 saturated heterocycles. The Labute approximate surface area is 117 Å². The molecule has 4 heteroatoms. The molecule has 0 amide bonds. The topological polar surface area (TPSA) is 41.5 Å². The fourth-order valence-corrected chi connectivity index (χ4v) is 2.15. The van der Waals surface area contributed by atoms with Crippen LogP contribution in [0.25, 0.3) is 0 Å². The molecule has 0 atom stereocenters. The minimum absolute atomic E-state index is 0.163. The Morgan fingerprint density at radius 1 is 1.16 bits per heavy atom. The lowest BCUT2D eigenvalue weighted by molar-refractivity contribution is 0.373. The van der Waals surface area contributed by atoms with Crippen molar-refractivity contribution in [1.29, 1.82) is 0 Å². The third-order valence-electron chi connectivity index (χ3n) is 2.83. The molecule has 0 radical (unpaired) electrons. The van der Waals surface area contributed by atoms with Gasteiger partial charge in [0.15, 0.2) is 11.5 Å². The second-order valence-electron chi connectivity index (χ2n) is 4.09. The molecule has 0 saturated carbocycles. The van der Waals surface area contributed by atoms with Crippen LogP contribution in [0.2, 0.25) is 0 Å². The van der Waals surface area contributed by atoms with Gasteiger partial charge in [-0.15, -0.1) is 11.8 Å². The van der Waals surface area contributed by atoms with Crippen molar-refractivity contribution >= 4 is 17.4 Å². The van der Waals surface area contributed by atoms with E-state index in [1.165, 1.54) is 4.90 Å². The Balaban J connectivity index is 2.01. The summed E-state index contributed by atoms with van der Waals surface area (Å²) in [5.41, 5.74) is 2.13. The number of thioether (sulfide) groups is 1. The van der Waals surface area contributed by atoms with Crippen molar-refractivity contribution in [3.63, 3.8) is 0 Å². The van der Waals surface area contributed by atoms with Crippen molar-refractivity contribution in [2.45, 2.75) is 11.4 Å². The molecule has 0 heterocycles. The predicted octanol–water partition coefficient (Wildman–Crippen LogP) is 3.73. The van der Waals surface area contributed by atoms with Crippen molar-refractivity contribution in [2.24, 2.45) is 0 Å². The van der Waals surface area contributed by atoms with Crippen molar-refractivity contribution in [3.8, 4) is 11.5 Å². The zero-order valence-corrected chi connectivity index (χ0v) is 11.8. The van der Waals surface area contributed by atoms with Crippen LogP contribution in [0.1, 0.15) is 5.56 Å². The molecule has 0 aromatic heterocycles. The number of anilines is 1. The molecule has 0 spiro atoms. The van der Waals surface area contributed by atoms with Crippen molar-refractivity contribution < 1.29 is 9.84 Å². The molecule has 0 aliphatic rings. The van der Waals surface area contributed by atoms with Gasteiger partial charge in [0.1, 0.15) is 0 Å². The van der Waals surface area contributed by atoms with Crippen LogP contribution in [0.3, 0.4) is 0 Å². The molecule has 2 aromatic rings. The normalized spacial score (nSPS) is 10.2. The van der Waals surface area contributed by atoms with E-state index in [1.54, 1.807) is 24.9 Å². The third-order valence-corrected chi connectivity index (χ3v) is 3.57. The van der Waals surface area contributed by atoms with Crippen LogP contribution in [0, 0.1) is 0 Å². The fraction of sp³-hybridized carbons (Fsp3) is 0.200. The maximum atomic E-state index is 9.53. The second kappa shape index (κ2) is 6.38. The molecular weight excluding hydrogens is 258 g/mol. The summed E-state index contributed by atoms with van der Waals surface area (Å²) in [4.78, 5) is 1.25. The summed E-state index contributed by atoms with van der Waals surface area (Å²) >= 11 is 1.73. The van der Waals surface area contributed by atoms with Gasteiger partial charge in [-0.05, 0) is 48.2 Å². The van der Waals surface area contributed by atoms with Gasteiger partial charge in [-0.25, -0.2) is 0 Å². The molecule has 2 aromatic carbocycles. The summed E-state index contributed by atoms with van der Waals surface area (Å²) in [7, 11) is 1.55. The lowest BCUT2D eigenvalue weighted by atomic mass is 10.2. The second-order valence-corrected chi connectivity index (χ2v) is 4.97. The van der Waals surface area contributed by atoms with Crippen molar-refractivity contribution in [1.82, 2.24) is 0 Å². The number of hydrogen-bond donors (Lipinski definition) is 2.